The van der Waals surface area contributed by atoms with Gasteiger partial charge in [0.1, 0.15) is 0 Å². The van der Waals surface area contributed by atoms with E-state index in [1.54, 1.807) is 0 Å². The minimum absolute atomic E-state index is 0.167. The second kappa shape index (κ2) is 3.42. The number of carbonyl (C=O) groups is 3. The minimum atomic E-state index is -0.384. The van der Waals surface area contributed by atoms with Crippen LogP contribution in [0.4, 0.5) is 0 Å². The molecule has 90 valence electrons. The average molecular weight is 234 g/mol. The molecule has 1 heterocycles. The third kappa shape index (κ3) is 1.34. The Bertz CT molecular complexity index is 411. The van der Waals surface area contributed by atoms with Crippen molar-refractivity contribution in [2.75, 3.05) is 0 Å². The highest BCUT2D eigenvalue weighted by atomic mass is 16.2. The van der Waals surface area contributed by atoms with E-state index in [9.17, 15) is 14.4 Å². The van der Waals surface area contributed by atoms with Gasteiger partial charge in [-0.25, -0.2) is 0 Å². The number of nitrogens with one attached hydrogen (secondary N) is 1. The maximum Gasteiger partial charge on any atom is 0.252 e. The van der Waals surface area contributed by atoms with Gasteiger partial charge in [-0.3, -0.25) is 19.8 Å². The van der Waals surface area contributed by atoms with Crippen molar-refractivity contribution in [1.29, 1.82) is 0 Å². The summed E-state index contributed by atoms with van der Waals surface area (Å²) in [6.45, 7) is 1.30. The second-order valence-electron chi connectivity index (χ2n) is 5.02. The number of hydrazine groups is 1. The fourth-order valence-electron chi connectivity index (χ4n) is 3.34. The Labute approximate surface area is 98.8 Å². The molecule has 0 aromatic rings. The molecule has 0 aromatic heterocycles. The van der Waals surface area contributed by atoms with Crippen LogP contribution < -0.4 is 5.43 Å². The van der Waals surface area contributed by atoms with E-state index in [2.05, 4.69) is 17.6 Å². The number of amides is 3. The summed E-state index contributed by atoms with van der Waals surface area (Å²) >= 11 is 0. The maximum atomic E-state index is 12.1. The molecule has 3 amide bonds. The first-order valence-electron chi connectivity index (χ1n) is 5.93. The quantitative estimate of drug-likeness (QED) is 0.522. The lowest BCUT2D eigenvalue weighted by Gasteiger charge is -2.37. The van der Waals surface area contributed by atoms with Gasteiger partial charge in [0.25, 0.3) is 11.8 Å². The van der Waals surface area contributed by atoms with E-state index in [-0.39, 0.29) is 41.4 Å². The van der Waals surface area contributed by atoms with E-state index in [0.717, 1.165) is 17.9 Å². The van der Waals surface area contributed by atoms with Crippen LogP contribution in [-0.4, -0.2) is 22.7 Å². The van der Waals surface area contributed by atoms with Crippen molar-refractivity contribution in [3.63, 3.8) is 0 Å². The topological polar surface area (TPSA) is 66.5 Å². The summed E-state index contributed by atoms with van der Waals surface area (Å²) in [6.07, 6.45) is 6.04. The molecule has 17 heavy (non-hydrogen) atoms. The SMILES string of the molecule is CC(=O)NN1C(=O)[C@@H]2C3C=CC(CC3)[C@@H]2C1=O. The van der Waals surface area contributed by atoms with Crippen molar-refractivity contribution >= 4 is 17.7 Å². The molecule has 4 aliphatic rings. The molecule has 0 spiro atoms. The number of fused-ring (bicyclic) bond motifs is 1. The highest BCUT2D eigenvalue weighted by Gasteiger charge is 2.56. The predicted molar refractivity (Wildman–Crippen MR) is 58.0 cm³/mol. The zero-order chi connectivity index (χ0) is 12.2. The molecule has 3 aliphatic carbocycles. The summed E-state index contributed by atoms with van der Waals surface area (Å²) in [5.74, 6) is -1.04. The van der Waals surface area contributed by atoms with E-state index in [1.807, 2.05) is 0 Å². The maximum absolute atomic E-state index is 12.1. The number of nitrogens with zero attached hydrogens (tertiary/aromatic N) is 1. The van der Waals surface area contributed by atoms with Crippen LogP contribution >= 0.6 is 0 Å². The Hall–Kier alpha value is -1.65. The molecule has 0 radical (unpaired) electrons. The standard InChI is InChI=1S/C12H14N2O3/c1-6(15)13-14-11(16)9-7-2-3-8(5-4-7)10(9)12(14)17/h2-3,7-10H,4-5H2,1H3,(H,13,15)/t7?,8?,9-,10+. The van der Waals surface area contributed by atoms with Gasteiger partial charge in [-0.1, -0.05) is 12.2 Å². The van der Waals surface area contributed by atoms with Gasteiger partial charge in [-0.05, 0) is 24.7 Å². The normalized spacial score (nSPS) is 38.5. The summed E-state index contributed by atoms with van der Waals surface area (Å²) in [4.78, 5) is 35.3. The zero-order valence-electron chi connectivity index (χ0n) is 9.55. The molecular weight excluding hydrogens is 220 g/mol. The fourth-order valence-corrected chi connectivity index (χ4v) is 3.34. The van der Waals surface area contributed by atoms with Crippen LogP contribution in [0.2, 0.25) is 0 Å². The monoisotopic (exact) mass is 234 g/mol. The molecule has 0 aromatic carbocycles. The molecule has 4 atom stereocenters. The van der Waals surface area contributed by atoms with Gasteiger partial charge < -0.3 is 0 Å². The molecule has 4 rings (SSSR count). The molecule has 5 heteroatoms. The zero-order valence-corrected chi connectivity index (χ0v) is 9.55. The first-order chi connectivity index (χ1) is 8.09. The fraction of sp³-hybridized carbons (Fsp3) is 0.583. The Morgan fingerprint density at radius 1 is 1.18 bits per heavy atom. The first kappa shape index (κ1) is 10.5. The molecule has 1 saturated heterocycles. The van der Waals surface area contributed by atoms with Crippen LogP contribution in [0.15, 0.2) is 12.2 Å². The summed E-state index contributed by atoms with van der Waals surface area (Å²) in [5.41, 5.74) is 2.33. The summed E-state index contributed by atoms with van der Waals surface area (Å²) in [7, 11) is 0. The molecule has 1 aliphatic heterocycles. The van der Waals surface area contributed by atoms with Crippen molar-refractivity contribution in [3.8, 4) is 0 Å². The lowest BCUT2D eigenvalue weighted by Crippen LogP contribution is -2.45. The number of hydrogen-bond acceptors (Lipinski definition) is 3. The van der Waals surface area contributed by atoms with Crippen LogP contribution in [0, 0.1) is 23.7 Å². The van der Waals surface area contributed by atoms with Crippen molar-refractivity contribution in [2.45, 2.75) is 19.8 Å². The second-order valence-corrected chi connectivity index (χ2v) is 5.02. The van der Waals surface area contributed by atoms with Crippen molar-refractivity contribution in [3.05, 3.63) is 12.2 Å². The Morgan fingerprint density at radius 3 is 2.00 bits per heavy atom. The lowest BCUT2D eigenvalue weighted by atomic mass is 9.63. The molecule has 1 N–H and O–H groups in total. The van der Waals surface area contributed by atoms with Crippen molar-refractivity contribution in [1.82, 2.24) is 10.4 Å². The summed E-state index contributed by atoms with van der Waals surface area (Å²) < 4.78 is 0. The van der Waals surface area contributed by atoms with Crippen LogP contribution in [0.5, 0.6) is 0 Å². The summed E-state index contributed by atoms with van der Waals surface area (Å²) in [5, 5.41) is 0.927. The molecule has 2 bridgehead atoms. The van der Waals surface area contributed by atoms with Crippen molar-refractivity contribution < 1.29 is 14.4 Å². The van der Waals surface area contributed by atoms with Crippen molar-refractivity contribution in [2.24, 2.45) is 23.7 Å². The molecule has 2 unspecified atom stereocenters. The van der Waals surface area contributed by atoms with Gasteiger partial charge in [0.2, 0.25) is 5.91 Å². The van der Waals surface area contributed by atoms with Crippen LogP contribution in [0.3, 0.4) is 0 Å². The number of rotatable bonds is 1. The Kier molecular flexibility index (Phi) is 2.11. The highest BCUT2D eigenvalue weighted by molar-refractivity contribution is 6.06. The van der Waals surface area contributed by atoms with Gasteiger partial charge in [-0.2, -0.15) is 5.01 Å². The van der Waals surface area contributed by atoms with Gasteiger partial charge in [-0.15, -0.1) is 0 Å². The molecular formula is C12H14N2O3. The van der Waals surface area contributed by atoms with Gasteiger partial charge in [0, 0.05) is 6.92 Å². The number of hydrogen-bond donors (Lipinski definition) is 1. The van der Waals surface area contributed by atoms with E-state index in [4.69, 9.17) is 0 Å². The molecule has 2 fully saturated rings. The third-order valence-corrected chi connectivity index (χ3v) is 4.03. The third-order valence-electron chi connectivity index (χ3n) is 4.03. The Morgan fingerprint density at radius 2 is 1.65 bits per heavy atom. The van der Waals surface area contributed by atoms with Crippen LogP contribution in [0.1, 0.15) is 19.8 Å². The number of allylic oxidation sites excluding steroid dienone is 2. The first-order valence-corrected chi connectivity index (χ1v) is 5.93. The Balaban J connectivity index is 1.94. The average Bonchev–Trinajstić information content (AvgIpc) is 2.57. The van der Waals surface area contributed by atoms with Crippen LogP contribution in [0.25, 0.3) is 0 Å². The van der Waals surface area contributed by atoms with E-state index >= 15 is 0 Å². The predicted octanol–water partition coefficient (Wildman–Crippen LogP) is 0.235. The molecule has 5 nitrogen and oxygen atoms in total. The minimum Gasteiger partial charge on any atom is -0.274 e. The van der Waals surface area contributed by atoms with Gasteiger partial charge in [0.05, 0.1) is 11.8 Å². The van der Waals surface area contributed by atoms with Crippen LogP contribution in [-0.2, 0) is 14.4 Å². The highest BCUT2D eigenvalue weighted by Crippen LogP contribution is 2.49. The lowest BCUT2D eigenvalue weighted by molar-refractivity contribution is -0.148. The number of imide groups is 1. The van der Waals surface area contributed by atoms with Gasteiger partial charge >= 0.3 is 0 Å². The summed E-state index contributed by atoms with van der Waals surface area (Å²) in [6, 6.07) is 0. The smallest absolute Gasteiger partial charge is 0.252 e. The largest absolute Gasteiger partial charge is 0.274 e. The van der Waals surface area contributed by atoms with Gasteiger partial charge in [0.15, 0.2) is 0 Å². The number of carbonyl (C=O) groups excluding carboxylic acids is 3. The van der Waals surface area contributed by atoms with E-state index in [0.29, 0.717) is 0 Å². The van der Waals surface area contributed by atoms with E-state index < -0.39 is 0 Å². The van der Waals surface area contributed by atoms with E-state index in [1.165, 1.54) is 6.92 Å². The molecule has 1 saturated carbocycles.